The molecule has 0 fully saturated rings. The normalized spacial score (nSPS) is 10.6. The van der Waals surface area contributed by atoms with Gasteiger partial charge in [-0.15, -0.1) is 0 Å². The lowest BCUT2D eigenvalue weighted by atomic mass is 10.2. The van der Waals surface area contributed by atoms with Crippen LogP contribution in [-0.4, -0.2) is 9.49 Å². The number of hydrogen-bond acceptors (Lipinski definition) is 3. The fraction of sp³-hybridized carbons (Fsp3) is 0.0833. The van der Waals surface area contributed by atoms with Crippen LogP contribution in [0, 0.1) is 10.1 Å². The minimum absolute atomic E-state index is 0.0634. The topological polar surface area (TPSA) is 65.1 Å². The van der Waals surface area contributed by atoms with Crippen molar-refractivity contribution in [3.05, 3.63) is 70.5 Å². The molecule has 0 atom stereocenters. The van der Waals surface area contributed by atoms with Gasteiger partial charge < -0.3 is 4.57 Å². The number of rotatable bonds is 3. The van der Waals surface area contributed by atoms with Gasteiger partial charge in [0.05, 0.1) is 15.9 Å². The van der Waals surface area contributed by atoms with Crippen LogP contribution in [0.2, 0.25) is 5.02 Å². The summed E-state index contributed by atoms with van der Waals surface area (Å²) in [4.78, 5) is 22.2. The largest absolute Gasteiger partial charge is 0.309 e. The molecule has 0 N–H and O–H groups in total. The molecule has 20 heavy (non-hydrogen) atoms. The monoisotopic (exact) mass is 420 g/mol. The Hall–Kier alpha value is -1.18. The zero-order chi connectivity index (χ0) is 14.9. The van der Waals surface area contributed by atoms with Crippen molar-refractivity contribution in [3.8, 4) is 0 Å². The fourth-order valence-corrected chi connectivity index (χ4v) is 3.10. The molecule has 1 aromatic heterocycles. The molecule has 0 spiro atoms. The van der Waals surface area contributed by atoms with Crippen molar-refractivity contribution in [1.82, 2.24) is 4.57 Å². The van der Waals surface area contributed by atoms with Gasteiger partial charge in [-0.1, -0.05) is 11.6 Å². The summed E-state index contributed by atoms with van der Waals surface area (Å²) in [5.74, 6) is 0. The van der Waals surface area contributed by atoms with Crippen LogP contribution in [0.3, 0.4) is 0 Å². The lowest BCUT2D eigenvalue weighted by Gasteiger charge is -2.09. The van der Waals surface area contributed by atoms with Crippen LogP contribution in [0.15, 0.2) is 44.2 Å². The smallest absolute Gasteiger partial charge is 0.269 e. The Morgan fingerprint density at radius 3 is 2.65 bits per heavy atom. The third kappa shape index (κ3) is 3.28. The van der Waals surface area contributed by atoms with E-state index in [2.05, 4.69) is 31.9 Å². The van der Waals surface area contributed by atoms with Crippen LogP contribution in [0.1, 0.15) is 5.56 Å². The van der Waals surface area contributed by atoms with Gasteiger partial charge in [-0.25, -0.2) is 0 Å². The Kier molecular flexibility index (Phi) is 4.62. The van der Waals surface area contributed by atoms with E-state index >= 15 is 0 Å². The van der Waals surface area contributed by atoms with Gasteiger partial charge in [-0.2, -0.15) is 0 Å². The minimum atomic E-state index is -0.501. The molecule has 0 saturated carbocycles. The number of hydrogen-bond donors (Lipinski definition) is 0. The number of halogens is 3. The number of benzene rings is 1. The van der Waals surface area contributed by atoms with Crippen molar-refractivity contribution >= 4 is 49.1 Å². The highest BCUT2D eigenvalue weighted by Gasteiger charge is 2.11. The lowest BCUT2D eigenvalue weighted by Crippen LogP contribution is -2.20. The summed E-state index contributed by atoms with van der Waals surface area (Å²) in [6, 6.07) is 5.77. The van der Waals surface area contributed by atoms with Gasteiger partial charge in [-0.3, -0.25) is 14.9 Å². The number of aromatic nitrogens is 1. The zero-order valence-electron chi connectivity index (χ0n) is 9.85. The number of nitro benzene ring substituents is 1. The Morgan fingerprint density at radius 2 is 2.00 bits per heavy atom. The SMILES string of the molecule is O=c1c(Br)cc(Br)cn1Cc1cc([N+](=O)[O-])ccc1Cl. The van der Waals surface area contributed by atoms with Gasteiger partial charge in [0.15, 0.2) is 0 Å². The molecule has 2 rings (SSSR count). The van der Waals surface area contributed by atoms with E-state index < -0.39 is 4.92 Å². The van der Waals surface area contributed by atoms with Crippen LogP contribution in [-0.2, 0) is 6.54 Å². The third-order valence-electron chi connectivity index (χ3n) is 2.59. The summed E-state index contributed by atoms with van der Waals surface area (Å²) in [6.45, 7) is 0.150. The summed E-state index contributed by atoms with van der Waals surface area (Å²) in [5.41, 5.74) is 0.204. The summed E-state index contributed by atoms with van der Waals surface area (Å²) in [6.07, 6.45) is 1.60. The first-order chi connectivity index (χ1) is 9.38. The first-order valence-corrected chi connectivity index (χ1v) is 7.33. The van der Waals surface area contributed by atoms with Crippen molar-refractivity contribution in [2.45, 2.75) is 6.54 Å². The second-order valence-electron chi connectivity index (χ2n) is 3.97. The van der Waals surface area contributed by atoms with Gasteiger partial charge in [0, 0.05) is 27.8 Å². The minimum Gasteiger partial charge on any atom is -0.309 e. The van der Waals surface area contributed by atoms with Gasteiger partial charge >= 0.3 is 0 Å². The number of non-ortho nitro benzene ring substituents is 1. The highest BCUT2D eigenvalue weighted by atomic mass is 79.9. The third-order valence-corrected chi connectivity index (χ3v) is 3.96. The summed E-state index contributed by atoms with van der Waals surface area (Å²) < 4.78 is 2.53. The van der Waals surface area contributed by atoms with Gasteiger partial charge in [0.1, 0.15) is 0 Å². The average Bonchev–Trinajstić information content (AvgIpc) is 2.37. The van der Waals surface area contributed by atoms with E-state index in [1.54, 1.807) is 12.3 Å². The van der Waals surface area contributed by atoms with Gasteiger partial charge in [0.2, 0.25) is 0 Å². The van der Waals surface area contributed by atoms with Gasteiger partial charge in [0.25, 0.3) is 11.2 Å². The van der Waals surface area contributed by atoms with Crippen LogP contribution in [0.25, 0.3) is 0 Å². The van der Waals surface area contributed by atoms with E-state index in [0.29, 0.717) is 19.5 Å². The van der Waals surface area contributed by atoms with E-state index in [1.807, 2.05) is 0 Å². The van der Waals surface area contributed by atoms with E-state index in [4.69, 9.17) is 11.6 Å². The average molecular weight is 422 g/mol. The van der Waals surface area contributed by atoms with Crippen LogP contribution in [0.5, 0.6) is 0 Å². The molecule has 0 amide bonds. The van der Waals surface area contributed by atoms with Crippen molar-refractivity contribution in [3.63, 3.8) is 0 Å². The second kappa shape index (κ2) is 6.07. The number of pyridine rings is 1. The summed E-state index contributed by atoms with van der Waals surface area (Å²) in [7, 11) is 0. The van der Waals surface area contributed by atoms with E-state index in [-0.39, 0.29) is 17.8 Å². The molecule has 2 aromatic rings. The molecule has 5 nitrogen and oxygen atoms in total. The molecule has 0 saturated heterocycles. The molecular formula is C12H7Br2ClN2O3. The molecule has 104 valence electrons. The highest BCUT2D eigenvalue weighted by Crippen LogP contribution is 2.23. The molecule has 0 aliphatic rings. The van der Waals surface area contributed by atoms with E-state index in [0.717, 1.165) is 0 Å². The first kappa shape index (κ1) is 15.2. The molecule has 0 bridgehead atoms. The lowest BCUT2D eigenvalue weighted by molar-refractivity contribution is -0.384. The summed E-state index contributed by atoms with van der Waals surface area (Å²) >= 11 is 12.5. The van der Waals surface area contributed by atoms with Gasteiger partial charge in [-0.05, 0) is 49.6 Å². The molecular weight excluding hydrogens is 415 g/mol. The Morgan fingerprint density at radius 1 is 1.30 bits per heavy atom. The molecule has 0 aliphatic heterocycles. The molecule has 0 unspecified atom stereocenters. The standard InChI is InChI=1S/C12H7Br2ClN2O3/c13-8-4-10(14)12(18)16(6-8)5-7-3-9(17(19)20)1-2-11(7)15/h1-4,6H,5H2. The zero-order valence-corrected chi connectivity index (χ0v) is 13.8. The van der Waals surface area contributed by atoms with E-state index in [1.165, 1.54) is 22.8 Å². The maximum absolute atomic E-state index is 12.0. The molecule has 8 heteroatoms. The molecule has 0 radical (unpaired) electrons. The summed E-state index contributed by atoms with van der Waals surface area (Å²) in [5, 5.41) is 11.1. The quantitative estimate of drug-likeness (QED) is 0.555. The van der Waals surface area contributed by atoms with Crippen molar-refractivity contribution in [2.75, 3.05) is 0 Å². The molecule has 1 heterocycles. The van der Waals surface area contributed by atoms with Crippen LogP contribution >= 0.6 is 43.5 Å². The molecule has 0 aliphatic carbocycles. The molecule has 1 aromatic carbocycles. The maximum atomic E-state index is 12.0. The van der Waals surface area contributed by atoms with Crippen molar-refractivity contribution < 1.29 is 4.92 Å². The van der Waals surface area contributed by atoms with Crippen LogP contribution < -0.4 is 5.56 Å². The Labute approximate surface area is 135 Å². The number of nitrogens with zero attached hydrogens (tertiary/aromatic N) is 2. The number of nitro groups is 1. The van der Waals surface area contributed by atoms with Crippen molar-refractivity contribution in [2.24, 2.45) is 0 Å². The first-order valence-electron chi connectivity index (χ1n) is 5.37. The predicted molar refractivity (Wildman–Crippen MR) is 83.3 cm³/mol. The highest BCUT2D eigenvalue weighted by molar-refractivity contribution is 9.11. The maximum Gasteiger partial charge on any atom is 0.269 e. The Balaban J connectivity index is 2.47. The second-order valence-corrected chi connectivity index (χ2v) is 6.15. The van der Waals surface area contributed by atoms with Crippen LogP contribution in [0.4, 0.5) is 5.69 Å². The van der Waals surface area contributed by atoms with E-state index in [9.17, 15) is 14.9 Å². The van der Waals surface area contributed by atoms with Crippen molar-refractivity contribution in [1.29, 1.82) is 0 Å². The fourth-order valence-electron chi connectivity index (χ4n) is 1.66. The Bertz CT molecular complexity index is 746. The predicted octanol–water partition coefficient (Wildman–Crippen LogP) is 3.98.